The number of ether oxygens (including phenoxy) is 1. The molecule has 0 unspecified atom stereocenters. The second-order valence-electron chi connectivity index (χ2n) is 3.12. The molecule has 0 spiro atoms. The predicted molar refractivity (Wildman–Crippen MR) is 57.3 cm³/mol. The largest absolute Gasteiger partial charge is 0.462 e. The monoisotopic (exact) mass is 204 g/mol. The molecule has 4 nitrogen and oxygen atoms in total. The minimum Gasteiger partial charge on any atom is -0.462 e. The van der Waals surface area contributed by atoms with Crippen molar-refractivity contribution in [2.75, 3.05) is 18.5 Å². The van der Waals surface area contributed by atoms with Crippen LogP contribution in [0.4, 0.5) is 5.82 Å². The van der Waals surface area contributed by atoms with Gasteiger partial charge in [-0.2, -0.15) is 0 Å². The van der Waals surface area contributed by atoms with Gasteiger partial charge in [-0.1, -0.05) is 6.08 Å². The van der Waals surface area contributed by atoms with Crippen molar-refractivity contribution in [2.24, 2.45) is 0 Å². The van der Waals surface area contributed by atoms with Gasteiger partial charge in [0.1, 0.15) is 5.82 Å². The van der Waals surface area contributed by atoms with Crippen LogP contribution in [-0.2, 0) is 9.53 Å². The zero-order chi connectivity index (χ0) is 10.7. The van der Waals surface area contributed by atoms with Gasteiger partial charge in [0.2, 0.25) is 0 Å². The Morgan fingerprint density at radius 1 is 1.67 bits per heavy atom. The molecule has 15 heavy (non-hydrogen) atoms. The molecule has 0 aliphatic carbocycles. The van der Waals surface area contributed by atoms with E-state index < -0.39 is 0 Å². The van der Waals surface area contributed by atoms with Gasteiger partial charge in [-0.05, 0) is 19.1 Å². The molecule has 2 heterocycles. The average Bonchev–Trinajstić information content (AvgIpc) is 2.28. The van der Waals surface area contributed by atoms with Crippen LogP contribution in [0.1, 0.15) is 12.5 Å². The molecule has 4 heteroatoms. The van der Waals surface area contributed by atoms with Crippen molar-refractivity contribution >= 4 is 17.4 Å². The fourth-order valence-electron chi connectivity index (χ4n) is 1.53. The maximum Gasteiger partial charge on any atom is 0.338 e. The summed E-state index contributed by atoms with van der Waals surface area (Å²) in [6, 6.07) is 3.66. The average molecular weight is 204 g/mol. The summed E-state index contributed by atoms with van der Waals surface area (Å²) < 4.78 is 4.98. The second-order valence-corrected chi connectivity index (χ2v) is 3.12. The Morgan fingerprint density at radius 3 is 3.33 bits per heavy atom. The molecular formula is C11H12N2O2. The molecule has 0 bridgehead atoms. The number of pyridine rings is 1. The summed E-state index contributed by atoms with van der Waals surface area (Å²) in [7, 11) is 0. The molecule has 0 saturated heterocycles. The van der Waals surface area contributed by atoms with Gasteiger partial charge in [0.05, 0.1) is 12.2 Å². The van der Waals surface area contributed by atoms with E-state index in [0.29, 0.717) is 18.7 Å². The van der Waals surface area contributed by atoms with E-state index in [-0.39, 0.29) is 5.97 Å². The number of hydrogen-bond acceptors (Lipinski definition) is 4. The minimum atomic E-state index is -0.284. The Bertz CT molecular complexity index is 413. The molecule has 0 aromatic carbocycles. The van der Waals surface area contributed by atoms with Crippen molar-refractivity contribution in [3.63, 3.8) is 0 Å². The van der Waals surface area contributed by atoms with Gasteiger partial charge < -0.3 is 10.1 Å². The van der Waals surface area contributed by atoms with E-state index in [9.17, 15) is 4.79 Å². The summed E-state index contributed by atoms with van der Waals surface area (Å²) in [6.45, 7) is 2.79. The normalized spacial score (nSPS) is 13.5. The number of fused-ring (bicyclic) bond motifs is 1. The molecule has 0 amide bonds. The number of esters is 1. The second kappa shape index (κ2) is 4.13. The van der Waals surface area contributed by atoms with E-state index >= 15 is 0 Å². The van der Waals surface area contributed by atoms with E-state index in [0.717, 1.165) is 11.4 Å². The van der Waals surface area contributed by atoms with Crippen LogP contribution < -0.4 is 5.32 Å². The van der Waals surface area contributed by atoms with E-state index in [4.69, 9.17) is 4.74 Å². The number of carbonyl (C=O) groups excluding carboxylic acids is 1. The van der Waals surface area contributed by atoms with Crippen LogP contribution >= 0.6 is 0 Å². The fraction of sp³-hybridized carbons (Fsp3) is 0.273. The molecule has 78 valence electrons. The Balaban J connectivity index is 2.34. The van der Waals surface area contributed by atoms with Gasteiger partial charge in [0.25, 0.3) is 0 Å². The maximum atomic E-state index is 11.6. The number of aromatic nitrogens is 1. The van der Waals surface area contributed by atoms with Crippen molar-refractivity contribution in [2.45, 2.75) is 6.92 Å². The molecule has 0 saturated carbocycles. The van der Waals surface area contributed by atoms with Crippen LogP contribution in [0.2, 0.25) is 0 Å². The summed E-state index contributed by atoms with van der Waals surface area (Å²) in [5, 5.41) is 3.09. The van der Waals surface area contributed by atoms with Crippen LogP contribution in [0.3, 0.4) is 0 Å². The van der Waals surface area contributed by atoms with Gasteiger partial charge in [0, 0.05) is 18.3 Å². The molecule has 0 atom stereocenters. The minimum absolute atomic E-state index is 0.284. The lowest BCUT2D eigenvalue weighted by molar-refractivity contribution is -0.136. The van der Waals surface area contributed by atoms with Crippen molar-refractivity contribution in [1.82, 2.24) is 4.98 Å². The molecule has 1 aromatic heterocycles. The Morgan fingerprint density at radius 2 is 2.53 bits per heavy atom. The van der Waals surface area contributed by atoms with Gasteiger partial charge in [-0.15, -0.1) is 0 Å². The molecule has 1 aliphatic heterocycles. The number of nitrogens with one attached hydrogen (secondary N) is 1. The quantitative estimate of drug-likeness (QED) is 0.741. The smallest absolute Gasteiger partial charge is 0.338 e. The first-order chi connectivity index (χ1) is 7.33. The van der Waals surface area contributed by atoms with Gasteiger partial charge in [-0.25, -0.2) is 9.78 Å². The first-order valence-corrected chi connectivity index (χ1v) is 4.89. The van der Waals surface area contributed by atoms with Gasteiger partial charge in [0.15, 0.2) is 0 Å². The topological polar surface area (TPSA) is 51.2 Å². The van der Waals surface area contributed by atoms with Crippen LogP contribution in [-0.4, -0.2) is 24.1 Å². The highest BCUT2D eigenvalue weighted by Crippen LogP contribution is 2.25. The molecular weight excluding hydrogens is 192 g/mol. The van der Waals surface area contributed by atoms with Crippen molar-refractivity contribution < 1.29 is 9.53 Å². The van der Waals surface area contributed by atoms with E-state index in [2.05, 4.69) is 10.3 Å². The molecule has 0 radical (unpaired) electrons. The number of nitrogens with zero attached hydrogens (tertiary/aromatic N) is 1. The summed E-state index contributed by atoms with van der Waals surface area (Å²) >= 11 is 0. The zero-order valence-corrected chi connectivity index (χ0v) is 8.49. The van der Waals surface area contributed by atoms with Gasteiger partial charge in [-0.3, -0.25) is 0 Å². The maximum absolute atomic E-state index is 11.6. The van der Waals surface area contributed by atoms with Crippen LogP contribution in [0.15, 0.2) is 24.4 Å². The SMILES string of the molecule is CCOC(=O)C1=CCNc2ncccc21. The highest BCUT2D eigenvalue weighted by atomic mass is 16.5. The molecule has 1 N–H and O–H groups in total. The third-order valence-electron chi connectivity index (χ3n) is 2.17. The number of rotatable bonds is 2. The highest BCUT2D eigenvalue weighted by molar-refractivity contribution is 6.18. The first kappa shape index (κ1) is 9.71. The third kappa shape index (κ3) is 1.83. The van der Waals surface area contributed by atoms with E-state index in [1.165, 1.54) is 0 Å². The zero-order valence-electron chi connectivity index (χ0n) is 8.49. The highest BCUT2D eigenvalue weighted by Gasteiger charge is 2.19. The van der Waals surface area contributed by atoms with Crippen LogP contribution in [0.5, 0.6) is 0 Å². The first-order valence-electron chi connectivity index (χ1n) is 4.89. The Labute approximate surface area is 88.0 Å². The Hall–Kier alpha value is -1.84. The van der Waals surface area contributed by atoms with Crippen LogP contribution in [0.25, 0.3) is 5.57 Å². The fourth-order valence-corrected chi connectivity index (χ4v) is 1.53. The predicted octanol–water partition coefficient (Wildman–Crippen LogP) is 1.45. The summed E-state index contributed by atoms with van der Waals surface area (Å²) in [4.78, 5) is 15.8. The van der Waals surface area contributed by atoms with Crippen LogP contribution in [0, 0.1) is 0 Å². The van der Waals surface area contributed by atoms with Crippen molar-refractivity contribution in [3.05, 3.63) is 30.0 Å². The summed E-state index contributed by atoms with van der Waals surface area (Å²) in [5.41, 5.74) is 1.40. The van der Waals surface area contributed by atoms with E-state index in [1.807, 2.05) is 12.1 Å². The molecule has 0 fully saturated rings. The van der Waals surface area contributed by atoms with Gasteiger partial charge >= 0.3 is 5.97 Å². The number of anilines is 1. The Kier molecular flexibility index (Phi) is 2.67. The number of carbonyl (C=O) groups is 1. The third-order valence-corrected chi connectivity index (χ3v) is 2.17. The number of hydrogen-bond donors (Lipinski definition) is 1. The lowest BCUT2D eigenvalue weighted by Crippen LogP contribution is -2.16. The lowest BCUT2D eigenvalue weighted by atomic mass is 10.0. The van der Waals surface area contributed by atoms with Crippen molar-refractivity contribution in [3.8, 4) is 0 Å². The molecule has 1 aromatic rings. The van der Waals surface area contributed by atoms with Crippen molar-refractivity contribution in [1.29, 1.82) is 0 Å². The van der Waals surface area contributed by atoms with E-state index in [1.54, 1.807) is 19.2 Å². The summed E-state index contributed by atoms with van der Waals surface area (Å²) in [6.07, 6.45) is 3.52. The standard InChI is InChI=1S/C11H12N2O2/c1-2-15-11(14)9-5-7-13-10-8(9)4-3-6-12-10/h3-6H,2,7H2,1H3,(H,12,13). The lowest BCUT2D eigenvalue weighted by Gasteiger charge is -2.16. The molecule has 1 aliphatic rings. The molecule has 2 rings (SSSR count). The summed E-state index contributed by atoms with van der Waals surface area (Å²) in [5.74, 6) is 0.455.